The standard InChI is InChI=1S/C13H18ClNO2S/c1-2-17-10-5-7-15(8-6-10)9-11(16)12-3-4-13(14)18-12/h3-4,10H,2,5-9H2,1H3. The first-order valence-corrected chi connectivity index (χ1v) is 7.51. The van der Waals surface area contributed by atoms with Crippen LogP contribution in [0.2, 0.25) is 4.34 Å². The molecule has 3 nitrogen and oxygen atoms in total. The maximum atomic E-state index is 12.0. The minimum Gasteiger partial charge on any atom is -0.378 e. The van der Waals surface area contributed by atoms with Gasteiger partial charge in [0.15, 0.2) is 5.78 Å². The first kappa shape index (κ1) is 14.0. The van der Waals surface area contributed by atoms with Crippen LogP contribution in [0.3, 0.4) is 0 Å². The lowest BCUT2D eigenvalue weighted by atomic mass is 10.1. The largest absolute Gasteiger partial charge is 0.378 e. The molecule has 5 heteroatoms. The van der Waals surface area contributed by atoms with Gasteiger partial charge in [-0.25, -0.2) is 0 Å². The summed E-state index contributed by atoms with van der Waals surface area (Å²) < 4.78 is 6.27. The molecule has 1 aromatic rings. The monoisotopic (exact) mass is 287 g/mol. The lowest BCUT2D eigenvalue weighted by molar-refractivity contribution is 0.0148. The number of rotatable bonds is 5. The van der Waals surface area contributed by atoms with Gasteiger partial charge in [-0.05, 0) is 31.9 Å². The van der Waals surface area contributed by atoms with Crippen LogP contribution < -0.4 is 0 Å². The molecule has 1 aromatic heterocycles. The quantitative estimate of drug-likeness (QED) is 0.780. The van der Waals surface area contributed by atoms with Gasteiger partial charge in [-0.3, -0.25) is 9.69 Å². The molecule has 1 fully saturated rings. The van der Waals surface area contributed by atoms with E-state index >= 15 is 0 Å². The second kappa shape index (κ2) is 6.66. The van der Waals surface area contributed by atoms with Crippen molar-refractivity contribution in [2.24, 2.45) is 0 Å². The maximum absolute atomic E-state index is 12.0. The van der Waals surface area contributed by atoms with E-state index in [2.05, 4.69) is 4.90 Å². The van der Waals surface area contributed by atoms with E-state index in [4.69, 9.17) is 16.3 Å². The second-order valence-corrected chi connectivity index (χ2v) is 6.17. The number of likely N-dealkylation sites (tertiary alicyclic amines) is 1. The second-order valence-electron chi connectivity index (χ2n) is 4.46. The molecule has 0 unspecified atom stereocenters. The van der Waals surface area contributed by atoms with Crippen molar-refractivity contribution in [1.82, 2.24) is 4.90 Å². The Morgan fingerprint density at radius 1 is 1.50 bits per heavy atom. The molecule has 0 spiro atoms. The molecule has 1 aliphatic heterocycles. The fraction of sp³-hybridized carbons (Fsp3) is 0.615. The number of piperidine rings is 1. The van der Waals surface area contributed by atoms with Gasteiger partial charge in [0, 0.05) is 19.7 Å². The van der Waals surface area contributed by atoms with Crippen LogP contribution in [-0.2, 0) is 4.74 Å². The average Bonchev–Trinajstić information content (AvgIpc) is 2.79. The number of hydrogen-bond donors (Lipinski definition) is 0. The third-order valence-electron chi connectivity index (χ3n) is 3.15. The van der Waals surface area contributed by atoms with Gasteiger partial charge in [-0.1, -0.05) is 11.6 Å². The van der Waals surface area contributed by atoms with Gasteiger partial charge in [0.2, 0.25) is 0 Å². The lowest BCUT2D eigenvalue weighted by Gasteiger charge is -2.31. The molecule has 1 saturated heterocycles. The van der Waals surface area contributed by atoms with Gasteiger partial charge < -0.3 is 4.74 Å². The minimum absolute atomic E-state index is 0.168. The molecule has 0 amide bonds. The van der Waals surface area contributed by atoms with Crippen LogP contribution in [-0.4, -0.2) is 43.0 Å². The van der Waals surface area contributed by atoms with Crippen LogP contribution in [0.25, 0.3) is 0 Å². The number of hydrogen-bond acceptors (Lipinski definition) is 4. The van der Waals surface area contributed by atoms with Gasteiger partial charge in [-0.15, -0.1) is 11.3 Å². The summed E-state index contributed by atoms with van der Waals surface area (Å²) >= 11 is 7.19. The number of thiophene rings is 1. The van der Waals surface area contributed by atoms with E-state index in [1.165, 1.54) is 11.3 Å². The Kier molecular flexibility index (Phi) is 5.18. The predicted octanol–water partition coefficient (Wildman–Crippen LogP) is 3.09. The molecule has 2 heterocycles. The fourth-order valence-corrected chi connectivity index (χ4v) is 3.19. The Labute approximate surface area is 117 Å². The first-order chi connectivity index (χ1) is 8.69. The number of Topliss-reactive ketones (excluding diaryl/α,β-unsaturated/α-hetero) is 1. The third kappa shape index (κ3) is 3.79. The van der Waals surface area contributed by atoms with E-state index < -0.39 is 0 Å². The Bertz CT molecular complexity index is 399. The van der Waals surface area contributed by atoms with Gasteiger partial charge in [-0.2, -0.15) is 0 Å². The zero-order valence-electron chi connectivity index (χ0n) is 10.5. The van der Waals surface area contributed by atoms with Crippen molar-refractivity contribution in [3.63, 3.8) is 0 Å². The summed E-state index contributed by atoms with van der Waals surface area (Å²) in [5, 5.41) is 0. The lowest BCUT2D eigenvalue weighted by Crippen LogP contribution is -2.39. The summed E-state index contributed by atoms with van der Waals surface area (Å²) in [6, 6.07) is 3.59. The number of nitrogens with zero attached hydrogens (tertiary/aromatic N) is 1. The van der Waals surface area contributed by atoms with E-state index in [0.717, 1.165) is 37.4 Å². The molecular formula is C13H18ClNO2S. The Hall–Kier alpha value is -0.420. The summed E-state index contributed by atoms with van der Waals surface area (Å²) in [6.07, 6.45) is 2.41. The molecule has 100 valence electrons. The van der Waals surface area contributed by atoms with Crippen molar-refractivity contribution in [1.29, 1.82) is 0 Å². The molecule has 0 bridgehead atoms. The molecule has 2 rings (SSSR count). The highest BCUT2D eigenvalue weighted by atomic mass is 35.5. The summed E-state index contributed by atoms with van der Waals surface area (Å²) in [7, 11) is 0. The molecule has 0 aromatic carbocycles. The van der Waals surface area contributed by atoms with Crippen LogP contribution in [0.4, 0.5) is 0 Å². The normalized spacial score (nSPS) is 18.1. The summed E-state index contributed by atoms with van der Waals surface area (Å²) in [5.74, 6) is 0.168. The van der Waals surface area contributed by atoms with Crippen molar-refractivity contribution < 1.29 is 9.53 Å². The molecular weight excluding hydrogens is 270 g/mol. The first-order valence-electron chi connectivity index (χ1n) is 6.31. The van der Waals surface area contributed by atoms with Gasteiger partial charge in [0.05, 0.1) is 21.9 Å². The predicted molar refractivity (Wildman–Crippen MR) is 74.7 cm³/mol. The molecule has 0 saturated carbocycles. The number of halogens is 1. The third-order valence-corrected chi connectivity index (χ3v) is 4.42. The molecule has 0 radical (unpaired) electrons. The molecule has 1 aliphatic rings. The fourth-order valence-electron chi connectivity index (χ4n) is 2.21. The van der Waals surface area contributed by atoms with E-state index in [1.54, 1.807) is 6.07 Å². The van der Waals surface area contributed by atoms with E-state index in [1.807, 2.05) is 13.0 Å². The van der Waals surface area contributed by atoms with Crippen molar-refractivity contribution in [3.8, 4) is 0 Å². The van der Waals surface area contributed by atoms with Gasteiger partial charge in [0.25, 0.3) is 0 Å². The maximum Gasteiger partial charge on any atom is 0.186 e. The number of ether oxygens (including phenoxy) is 1. The van der Waals surface area contributed by atoms with Crippen molar-refractivity contribution in [3.05, 3.63) is 21.3 Å². The minimum atomic E-state index is 0.168. The highest BCUT2D eigenvalue weighted by Gasteiger charge is 2.21. The average molecular weight is 288 g/mol. The SMILES string of the molecule is CCOC1CCN(CC(=O)c2ccc(Cl)s2)CC1. The van der Waals surface area contributed by atoms with E-state index in [-0.39, 0.29) is 5.78 Å². The highest BCUT2D eigenvalue weighted by Crippen LogP contribution is 2.22. The molecule has 18 heavy (non-hydrogen) atoms. The van der Waals surface area contributed by atoms with Crippen molar-refractivity contribution in [2.75, 3.05) is 26.2 Å². The molecule has 0 aliphatic carbocycles. The zero-order valence-corrected chi connectivity index (χ0v) is 12.1. The number of carbonyl (C=O) groups is 1. The van der Waals surface area contributed by atoms with Crippen LogP contribution in [0.5, 0.6) is 0 Å². The molecule has 0 N–H and O–H groups in total. The topological polar surface area (TPSA) is 29.5 Å². The van der Waals surface area contributed by atoms with Crippen molar-refractivity contribution in [2.45, 2.75) is 25.9 Å². The summed E-state index contributed by atoms with van der Waals surface area (Å²) in [4.78, 5) is 15.0. The Morgan fingerprint density at radius 2 is 2.22 bits per heavy atom. The Balaban J connectivity index is 1.79. The van der Waals surface area contributed by atoms with Crippen LogP contribution in [0, 0.1) is 0 Å². The van der Waals surface area contributed by atoms with Crippen LogP contribution >= 0.6 is 22.9 Å². The smallest absolute Gasteiger partial charge is 0.186 e. The highest BCUT2D eigenvalue weighted by molar-refractivity contribution is 7.18. The summed E-state index contributed by atoms with van der Waals surface area (Å²) in [6.45, 7) is 5.18. The summed E-state index contributed by atoms with van der Waals surface area (Å²) in [5.41, 5.74) is 0. The number of carbonyl (C=O) groups excluding carboxylic acids is 1. The van der Waals surface area contributed by atoms with E-state index in [0.29, 0.717) is 17.0 Å². The van der Waals surface area contributed by atoms with Gasteiger partial charge >= 0.3 is 0 Å². The van der Waals surface area contributed by atoms with Crippen LogP contribution in [0.15, 0.2) is 12.1 Å². The van der Waals surface area contributed by atoms with Crippen molar-refractivity contribution >= 4 is 28.7 Å². The van der Waals surface area contributed by atoms with Crippen LogP contribution in [0.1, 0.15) is 29.4 Å². The van der Waals surface area contributed by atoms with E-state index in [9.17, 15) is 4.79 Å². The van der Waals surface area contributed by atoms with Gasteiger partial charge in [0.1, 0.15) is 0 Å². The molecule has 0 atom stereocenters. The zero-order chi connectivity index (χ0) is 13.0. The Morgan fingerprint density at radius 3 is 2.78 bits per heavy atom. The number of ketones is 1.